The van der Waals surface area contributed by atoms with E-state index in [2.05, 4.69) is 0 Å². The minimum Gasteiger partial charge on any atom is -0.462 e. The summed E-state index contributed by atoms with van der Waals surface area (Å²) >= 11 is 0. The van der Waals surface area contributed by atoms with Crippen LogP contribution in [0.4, 0.5) is 0 Å². The fraction of sp³-hybridized carbons (Fsp3) is 0.136. The molecule has 6 heteroatoms. The number of benzene rings is 2. The molecule has 4 rings (SSSR count). The molecule has 0 unspecified atom stereocenters. The molecule has 0 saturated heterocycles. The second kappa shape index (κ2) is 7.15. The van der Waals surface area contributed by atoms with Gasteiger partial charge in [0, 0.05) is 5.39 Å². The zero-order valence-corrected chi connectivity index (χ0v) is 15.2. The first-order valence-electron chi connectivity index (χ1n) is 8.90. The maximum atomic E-state index is 13.2. The van der Waals surface area contributed by atoms with Crippen molar-refractivity contribution in [1.82, 2.24) is 4.57 Å². The zero-order chi connectivity index (χ0) is 19.7. The van der Waals surface area contributed by atoms with Crippen molar-refractivity contribution in [3.63, 3.8) is 0 Å². The van der Waals surface area contributed by atoms with Gasteiger partial charge in [0.25, 0.3) is 5.56 Å². The summed E-state index contributed by atoms with van der Waals surface area (Å²) in [6.07, 6.45) is 0. The van der Waals surface area contributed by atoms with Crippen LogP contribution in [0.5, 0.6) is 0 Å². The summed E-state index contributed by atoms with van der Waals surface area (Å²) in [5.41, 5.74) is 0.377. The van der Waals surface area contributed by atoms with E-state index >= 15 is 0 Å². The molecular formula is C22H17NO5. The second-order valence-corrected chi connectivity index (χ2v) is 6.30. The Balaban J connectivity index is 2.12. The Kier molecular flexibility index (Phi) is 4.53. The second-order valence-electron chi connectivity index (χ2n) is 6.30. The van der Waals surface area contributed by atoms with E-state index in [9.17, 15) is 14.4 Å². The number of hydrogen-bond acceptors (Lipinski definition) is 5. The molecule has 2 heterocycles. The van der Waals surface area contributed by atoms with Crippen LogP contribution in [0.1, 0.15) is 22.8 Å². The van der Waals surface area contributed by atoms with Crippen molar-refractivity contribution in [3.8, 4) is 0 Å². The topological polar surface area (TPSA) is 78.5 Å². The van der Waals surface area contributed by atoms with Crippen LogP contribution < -0.4 is 11.2 Å². The highest BCUT2D eigenvalue weighted by atomic mass is 16.5. The Hall–Kier alpha value is -3.67. The SMILES string of the molecule is CCOC(=O)c1cc2c(=O)oc3ccccc3c2n(Cc2ccccc2)c1=O. The lowest BCUT2D eigenvalue weighted by molar-refractivity contribution is 0.0524. The minimum absolute atomic E-state index is 0.126. The number of aromatic nitrogens is 1. The van der Waals surface area contributed by atoms with E-state index < -0.39 is 17.2 Å². The van der Waals surface area contributed by atoms with Gasteiger partial charge in [-0.25, -0.2) is 9.59 Å². The smallest absolute Gasteiger partial charge is 0.345 e. The number of carbonyl (C=O) groups is 1. The van der Waals surface area contributed by atoms with Crippen molar-refractivity contribution in [2.45, 2.75) is 13.5 Å². The molecular weight excluding hydrogens is 358 g/mol. The van der Waals surface area contributed by atoms with Crippen molar-refractivity contribution >= 4 is 27.8 Å². The van der Waals surface area contributed by atoms with E-state index in [0.29, 0.717) is 16.5 Å². The number of esters is 1. The average Bonchev–Trinajstić information content (AvgIpc) is 2.70. The molecule has 0 spiro atoms. The Morgan fingerprint density at radius 3 is 2.46 bits per heavy atom. The van der Waals surface area contributed by atoms with Crippen LogP contribution in [0.15, 0.2) is 74.7 Å². The molecule has 0 radical (unpaired) electrons. The Morgan fingerprint density at radius 1 is 1.00 bits per heavy atom. The van der Waals surface area contributed by atoms with Gasteiger partial charge in [-0.3, -0.25) is 4.79 Å². The fourth-order valence-corrected chi connectivity index (χ4v) is 3.29. The third-order valence-electron chi connectivity index (χ3n) is 4.53. The van der Waals surface area contributed by atoms with Gasteiger partial charge in [0.2, 0.25) is 0 Å². The molecule has 0 N–H and O–H groups in total. The monoisotopic (exact) mass is 375 g/mol. The molecule has 0 fully saturated rings. The number of para-hydroxylation sites is 1. The van der Waals surface area contributed by atoms with Crippen LogP contribution in [0.25, 0.3) is 21.9 Å². The Labute approximate surface area is 159 Å². The molecule has 0 aliphatic rings. The van der Waals surface area contributed by atoms with Crippen molar-refractivity contribution in [2.75, 3.05) is 6.61 Å². The van der Waals surface area contributed by atoms with Gasteiger partial charge >= 0.3 is 11.6 Å². The van der Waals surface area contributed by atoms with Crippen LogP contribution >= 0.6 is 0 Å². The number of ether oxygens (including phenoxy) is 1. The van der Waals surface area contributed by atoms with E-state index in [1.807, 2.05) is 30.3 Å². The van der Waals surface area contributed by atoms with Crippen molar-refractivity contribution in [3.05, 3.63) is 92.6 Å². The molecule has 140 valence electrons. The molecule has 4 aromatic rings. The van der Waals surface area contributed by atoms with E-state index in [-0.39, 0.29) is 24.1 Å². The first kappa shape index (κ1) is 17.7. The largest absolute Gasteiger partial charge is 0.462 e. The fourth-order valence-electron chi connectivity index (χ4n) is 3.29. The first-order chi connectivity index (χ1) is 13.6. The van der Waals surface area contributed by atoms with Crippen molar-refractivity contribution < 1.29 is 13.9 Å². The van der Waals surface area contributed by atoms with Crippen LogP contribution in [0, 0.1) is 0 Å². The highest BCUT2D eigenvalue weighted by molar-refractivity contribution is 6.04. The minimum atomic E-state index is -0.760. The number of pyridine rings is 1. The van der Waals surface area contributed by atoms with E-state index in [0.717, 1.165) is 5.56 Å². The standard InChI is InChI=1S/C22H17NO5/c1-2-27-21(25)17-12-16-19(15-10-6-7-11-18(15)28-22(16)26)23(20(17)24)13-14-8-4-3-5-9-14/h3-12H,2,13H2,1H3. The van der Waals surface area contributed by atoms with Gasteiger partial charge in [0.1, 0.15) is 11.1 Å². The molecule has 0 bridgehead atoms. The zero-order valence-electron chi connectivity index (χ0n) is 15.2. The van der Waals surface area contributed by atoms with Crippen molar-refractivity contribution in [1.29, 1.82) is 0 Å². The lowest BCUT2D eigenvalue weighted by Crippen LogP contribution is -2.29. The van der Waals surface area contributed by atoms with Crippen LogP contribution in [0.2, 0.25) is 0 Å². The van der Waals surface area contributed by atoms with E-state index in [1.54, 1.807) is 31.2 Å². The maximum absolute atomic E-state index is 13.2. The van der Waals surface area contributed by atoms with Crippen LogP contribution in [-0.2, 0) is 11.3 Å². The first-order valence-corrected chi connectivity index (χ1v) is 8.90. The molecule has 0 amide bonds. The summed E-state index contributed by atoms with van der Waals surface area (Å²) in [6.45, 7) is 1.99. The third-order valence-corrected chi connectivity index (χ3v) is 4.53. The third kappa shape index (κ3) is 2.99. The van der Waals surface area contributed by atoms with Gasteiger partial charge < -0.3 is 13.7 Å². The molecule has 0 atom stereocenters. The van der Waals surface area contributed by atoms with Crippen LogP contribution in [-0.4, -0.2) is 17.1 Å². The number of hydrogen-bond donors (Lipinski definition) is 0. The Bertz CT molecular complexity index is 1300. The quantitative estimate of drug-likeness (QED) is 0.311. The van der Waals surface area contributed by atoms with Crippen molar-refractivity contribution in [2.24, 2.45) is 0 Å². The van der Waals surface area contributed by atoms with Gasteiger partial charge in [-0.2, -0.15) is 0 Å². The maximum Gasteiger partial charge on any atom is 0.345 e. The van der Waals surface area contributed by atoms with Gasteiger partial charge in [-0.15, -0.1) is 0 Å². The summed E-state index contributed by atoms with van der Waals surface area (Å²) in [5.74, 6) is -0.760. The number of carbonyl (C=O) groups excluding carboxylic acids is 1. The summed E-state index contributed by atoms with van der Waals surface area (Å²) < 4.78 is 11.8. The Morgan fingerprint density at radius 2 is 1.71 bits per heavy atom. The summed E-state index contributed by atoms with van der Waals surface area (Å²) in [6, 6.07) is 17.7. The number of rotatable bonds is 4. The normalized spacial score (nSPS) is 11.0. The summed E-state index contributed by atoms with van der Waals surface area (Å²) in [4.78, 5) is 38.1. The lowest BCUT2D eigenvalue weighted by atomic mass is 10.1. The van der Waals surface area contributed by atoms with Gasteiger partial charge in [-0.1, -0.05) is 42.5 Å². The van der Waals surface area contributed by atoms with E-state index in [4.69, 9.17) is 9.15 Å². The molecule has 0 aliphatic carbocycles. The molecule has 2 aromatic carbocycles. The van der Waals surface area contributed by atoms with Gasteiger partial charge in [-0.05, 0) is 30.7 Å². The summed E-state index contributed by atoms with van der Waals surface area (Å²) in [7, 11) is 0. The molecule has 2 aromatic heterocycles. The lowest BCUT2D eigenvalue weighted by Gasteiger charge is -2.14. The van der Waals surface area contributed by atoms with Crippen LogP contribution in [0.3, 0.4) is 0 Å². The average molecular weight is 375 g/mol. The van der Waals surface area contributed by atoms with Gasteiger partial charge in [0.05, 0.1) is 24.1 Å². The molecule has 0 saturated carbocycles. The molecule has 28 heavy (non-hydrogen) atoms. The molecule has 0 aliphatic heterocycles. The van der Waals surface area contributed by atoms with E-state index in [1.165, 1.54) is 10.6 Å². The van der Waals surface area contributed by atoms with Gasteiger partial charge in [0.15, 0.2) is 0 Å². The molecule has 6 nitrogen and oxygen atoms in total. The number of fused-ring (bicyclic) bond motifs is 3. The predicted molar refractivity (Wildman–Crippen MR) is 106 cm³/mol. The highest BCUT2D eigenvalue weighted by Gasteiger charge is 2.20. The number of nitrogens with zero attached hydrogens (tertiary/aromatic N) is 1. The summed E-state index contributed by atoms with van der Waals surface area (Å²) in [5, 5.41) is 0.790. The predicted octanol–water partition coefficient (Wildman–Crippen LogP) is 3.33. The highest BCUT2D eigenvalue weighted by Crippen LogP contribution is 2.23.